The molecule has 6 heteroatoms. The van der Waals surface area contributed by atoms with Crippen molar-refractivity contribution < 1.29 is 9.32 Å². The van der Waals surface area contributed by atoms with Gasteiger partial charge in [-0.3, -0.25) is 9.69 Å². The summed E-state index contributed by atoms with van der Waals surface area (Å²) in [5.74, 6) is 0.402. The number of hydrogen-bond acceptors (Lipinski definition) is 5. The van der Waals surface area contributed by atoms with Crippen LogP contribution in [0.1, 0.15) is 66.9 Å². The lowest BCUT2D eigenvalue weighted by atomic mass is 9.66. The van der Waals surface area contributed by atoms with Crippen LogP contribution in [-0.4, -0.2) is 38.5 Å². The van der Waals surface area contributed by atoms with Gasteiger partial charge in [-0.05, 0) is 49.9 Å². The number of rotatable bonds is 3. The van der Waals surface area contributed by atoms with Crippen LogP contribution in [0.5, 0.6) is 0 Å². The van der Waals surface area contributed by atoms with E-state index in [1.165, 1.54) is 35.5 Å². The molecule has 0 saturated carbocycles. The first-order valence-electron chi connectivity index (χ1n) is 10.6. The van der Waals surface area contributed by atoms with Gasteiger partial charge in [0.25, 0.3) is 5.89 Å². The SMILES string of the molecule is CC[C@@]12C=C(c3nc(C(C)=O)no3)n3c4c(c5ccccc53)CCN(CCC1)[C@H]42. The molecule has 0 aliphatic carbocycles. The average Bonchev–Trinajstić information content (AvgIpc) is 3.36. The van der Waals surface area contributed by atoms with Crippen LogP contribution in [-0.2, 0) is 6.42 Å². The van der Waals surface area contributed by atoms with Crippen LogP contribution in [0, 0.1) is 5.41 Å². The fourth-order valence-electron chi connectivity index (χ4n) is 5.91. The molecule has 148 valence electrons. The Morgan fingerprint density at radius 1 is 1.31 bits per heavy atom. The number of carbonyl (C=O) groups excluding carboxylic acids is 1. The Balaban J connectivity index is 1.69. The van der Waals surface area contributed by atoms with Gasteiger partial charge in [0.15, 0.2) is 0 Å². The molecule has 2 aromatic heterocycles. The van der Waals surface area contributed by atoms with Gasteiger partial charge in [0, 0.05) is 30.0 Å². The number of nitrogens with zero attached hydrogens (tertiary/aromatic N) is 4. The molecule has 3 aliphatic rings. The van der Waals surface area contributed by atoms with E-state index in [9.17, 15) is 4.79 Å². The van der Waals surface area contributed by atoms with Crippen molar-refractivity contribution in [3.8, 4) is 0 Å². The monoisotopic (exact) mass is 388 g/mol. The zero-order valence-corrected chi connectivity index (χ0v) is 16.8. The second-order valence-electron chi connectivity index (χ2n) is 8.60. The maximum atomic E-state index is 11.8. The van der Waals surface area contributed by atoms with E-state index >= 15 is 0 Å². The third-order valence-corrected chi connectivity index (χ3v) is 7.21. The van der Waals surface area contributed by atoms with E-state index in [0.717, 1.165) is 38.0 Å². The number of ketones is 1. The first-order chi connectivity index (χ1) is 14.1. The van der Waals surface area contributed by atoms with Gasteiger partial charge in [-0.1, -0.05) is 30.3 Å². The van der Waals surface area contributed by atoms with Crippen LogP contribution >= 0.6 is 0 Å². The van der Waals surface area contributed by atoms with Gasteiger partial charge in [-0.2, -0.15) is 4.98 Å². The Morgan fingerprint density at radius 2 is 2.17 bits per heavy atom. The lowest BCUT2D eigenvalue weighted by Gasteiger charge is -2.53. The Bertz CT molecular complexity index is 1190. The minimum atomic E-state index is -0.178. The fourth-order valence-corrected chi connectivity index (χ4v) is 5.91. The Morgan fingerprint density at radius 3 is 2.97 bits per heavy atom. The molecular formula is C23H24N4O2. The first kappa shape index (κ1) is 17.2. The molecule has 3 aliphatic heterocycles. The van der Waals surface area contributed by atoms with E-state index in [4.69, 9.17) is 4.52 Å². The minimum absolute atomic E-state index is 0.0536. The van der Waals surface area contributed by atoms with Crippen molar-refractivity contribution in [1.82, 2.24) is 19.6 Å². The topological polar surface area (TPSA) is 64.2 Å². The predicted molar refractivity (Wildman–Crippen MR) is 110 cm³/mol. The summed E-state index contributed by atoms with van der Waals surface area (Å²) in [6.07, 6.45) is 6.85. The highest BCUT2D eigenvalue weighted by Crippen LogP contribution is 2.57. The second kappa shape index (κ2) is 5.89. The van der Waals surface area contributed by atoms with E-state index in [-0.39, 0.29) is 17.0 Å². The van der Waals surface area contributed by atoms with Crippen LogP contribution in [0.25, 0.3) is 16.6 Å². The number of fused-ring (bicyclic) bond motifs is 3. The largest absolute Gasteiger partial charge is 0.332 e. The Labute approximate surface area is 169 Å². The summed E-state index contributed by atoms with van der Waals surface area (Å²) < 4.78 is 7.94. The summed E-state index contributed by atoms with van der Waals surface area (Å²) in [5.41, 5.74) is 5.02. The third kappa shape index (κ3) is 2.18. The van der Waals surface area contributed by atoms with Crippen molar-refractivity contribution in [2.45, 2.75) is 45.6 Å². The van der Waals surface area contributed by atoms with Gasteiger partial charge in [0.1, 0.15) is 5.70 Å². The summed E-state index contributed by atoms with van der Waals surface area (Å²) in [6.45, 7) is 6.04. The van der Waals surface area contributed by atoms with Crippen molar-refractivity contribution in [2.75, 3.05) is 13.1 Å². The van der Waals surface area contributed by atoms with Crippen molar-refractivity contribution in [2.24, 2.45) is 5.41 Å². The fraction of sp³-hybridized carbons (Fsp3) is 0.435. The molecule has 0 bridgehead atoms. The van der Waals surface area contributed by atoms with Gasteiger partial charge < -0.3 is 9.09 Å². The van der Waals surface area contributed by atoms with Gasteiger partial charge in [-0.25, -0.2) is 0 Å². The molecule has 6 nitrogen and oxygen atoms in total. The van der Waals surface area contributed by atoms with Gasteiger partial charge >= 0.3 is 0 Å². The summed E-state index contributed by atoms with van der Waals surface area (Å²) >= 11 is 0. The molecule has 0 N–H and O–H groups in total. The summed E-state index contributed by atoms with van der Waals surface area (Å²) in [7, 11) is 0. The average molecular weight is 388 g/mol. The number of aromatic nitrogens is 3. The molecule has 2 atom stereocenters. The summed E-state index contributed by atoms with van der Waals surface area (Å²) in [4.78, 5) is 18.9. The molecule has 0 amide bonds. The lowest BCUT2D eigenvalue weighted by molar-refractivity contribution is 0.0269. The second-order valence-corrected chi connectivity index (χ2v) is 8.60. The maximum Gasteiger partial charge on any atom is 0.275 e. The molecule has 1 saturated heterocycles. The highest BCUT2D eigenvalue weighted by Gasteiger charge is 2.50. The number of hydrogen-bond donors (Lipinski definition) is 0. The van der Waals surface area contributed by atoms with Gasteiger partial charge in [0.05, 0.1) is 11.6 Å². The van der Waals surface area contributed by atoms with Crippen LogP contribution in [0.2, 0.25) is 0 Å². The summed E-state index contributed by atoms with van der Waals surface area (Å²) in [6, 6.07) is 9.00. The number of para-hydroxylation sites is 1. The standard InChI is InChI=1S/C23H24N4O2/c1-3-23-10-6-11-26-12-9-16-15-7-4-5-8-17(15)27(19(16)20(23)26)18(13-23)22-24-21(14(2)28)25-29-22/h4-5,7-8,13,20H,3,6,9-12H2,1-2H3/t20-,23+/m1/s1. The van der Waals surface area contributed by atoms with Crippen molar-refractivity contribution in [3.63, 3.8) is 0 Å². The molecular weight excluding hydrogens is 364 g/mol. The smallest absolute Gasteiger partial charge is 0.275 e. The molecule has 0 unspecified atom stereocenters. The molecule has 1 aromatic carbocycles. The number of piperidine rings is 1. The zero-order valence-electron chi connectivity index (χ0n) is 16.8. The summed E-state index contributed by atoms with van der Waals surface area (Å²) in [5, 5.41) is 5.25. The Kier molecular flexibility index (Phi) is 3.48. The van der Waals surface area contributed by atoms with Crippen molar-refractivity contribution in [3.05, 3.63) is 53.3 Å². The first-order valence-corrected chi connectivity index (χ1v) is 10.6. The maximum absolute atomic E-state index is 11.8. The van der Waals surface area contributed by atoms with E-state index in [2.05, 4.69) is 56.9 Å². The highest BCUT2D eigenvalue weighted by molar-refractivity contribution is 5.92. The number of carbonyl (C=O) groups is 1. The molecule has 29 heavy (non-hydrogen) atoms. The quantitative estimate of drug-likeness (QED) is 0.629. The molecule has 0 radical (unpaired) electrons. The number of Topliss-reactive ketones (excluding diaryl/α,β-unsaturated/α-hetero) is 1. The normalized spacial score (nSPS) is 25.7. The van der Waals surface area contributed by atoms with Crippen LogP contribution in [0.4, 0.5) is 0 Å². The van der Waals surface area contributed by atoms with E-state index in [0.29, 0.717) is 11.9 Å². The zero-order chi connectivity index (χ0) is 19.8. The third-order valence-electron chi connectivity index (χ3n) is 7.21. The minimum Gasteiger partial charge on any atom is -0.332 e. The molecule has 5 heterocycles. The molecule has 0 spiro atoms. The van der Waals surface area contributed by atoms with Crippen molar-refractivity contribution in [1.29, 1.82) is 0 Å². The van der Waals surface area contributed by atoms with Crippen LogP contribution < -0.4 is 0 Å². The number of benzene rings is 1. The molecule has 6 rings (SSSR count). The van der Waals surface area contributed by atoms with Crippen LogP contribution in [0.15, 0.2) is 34.9 Å². The molecule has 1 fully saturated rings. The van der Waals surface area contributed by atoms with Gasteiger partial charge in [-0.15, -0.1) is 0 Å². The van der Waals surface area contributed by atoms with E-state index < -0.39 is 0 Å². The van der Waals surface area contributed by atoms with Crippen molar-refractivity contribution >= 4 is 22.4 Å². The predicted octanol–water partition coefficient (Wildman–Crippen LogP) is 4.22. The Hall–Kier alpha value is -2.73. The van der Waals surface area contributed by atoms with Crippen LogP contribution in [0.3, 0.4) is 0 Å². The highest BCUT2D eigenvalue weighted by atomic mass is 16.5. The van der Waals surface area contributed by atoms with Gasteiger partial charge in [0.2, 0.25) is 11.6 Å². The lowest BCUT2D eigenvalue weighted by Crippen LogP contribution is -2.50. The van der Waals surface area contributed by atoms with E-state index in [1.54, 1.807) is 0 Å². The molecule has 3 aromatic rings. The van der Waals surface area contributed by atoms with E-state index in [1.807, 2.05) is 0 Å².